The van der Waals surface area contributed by atoms with Gasteiger partial charge in [-0.1, -0.05) is 20.3 Å². The van der Waals surface area contributed by atoms with Crippen LogP contribution in [0.15, 0.2) is 0 Å². The van der Waals surface area contributed by atoms with Gasteiger partial charge in [0.15, 0.2) is 0 Å². The van der Waals surface area contributed by atoms with Crippen LogP contribution in [0.3, 0.4) is 0 Å². The van der Waals surface area contributed by atoms with Crippen LogP contribution in [0, 0.1) is 5.92 Å². The van der Waals surface area contributed by atoms with Crippen molar-refractivity contribution >= 4 is 0 Å². The Morgan fingerprint density at radius 3 is 2.17 bits per heavy atom. The Morgan fingerprint density at radius 2 is 2.17 bits per heavy atom. The highest BCUT2D eigenvalue weighted by atomic mass is 14.5. The zero-order chi connectivity index (χ0) is 4.99. The van der Waals surface area contributed by atoms with Gasteiger partial charge in [-0.3, -0.25) is 0 Å². The predicted molar refractivity (Wildman–Crippen MR) is 28.5 cm³/mol. The van der Waals surface area contributed by atoms with Crippen LogP contribution in [0.2, 0.25) is 0 Å². The molecule has 0 aromatic rings. The van der Waals surface area contributed by atoms with Crippen molar-refractivity contribution in [2.45, 2.75) is 20.3 Å². The zero-order valence-corrected chi connectivity index (χ0v) is 4.57. The second kappa shape index (κ2) is 3.16. The highest BCUT2D eigenvalue weighted by Gasteiger charge is 1.88. The van der Waals surface area contributed by atoms with E-state index < -0.39 is 0 Å². The highest BCUT2D eigenvalue weighted by molar-refractivity contribution is 4.45. The maximum Gasteiger partial charge on any atom is -0.00516 e. The summed E-state index contributed by atoms with van der Waals surface area (Å²) >= 11 is 0. The van der Waals surface area contributed by atoms with E-state index in [2.05, 4.69) is 13.8 Å². The molecule has 0 aliphatic heterocycles. The van der Waals surface area contributed by atoms with Crippen molar-refractivity contribution in [1.29, 1.82) is 0 Å². The fourth-order valence-corrected chi connectivity index (χ4v) is 0.167. The summed E-state index contributed by atoms with van der Waals surface area (Å²) in [6.07, 6.45) is 1.20. The Labute approximate surface area is 39.5 Å². The first-order chi connectivity index (χ1) is 2.81. The molecule has 0 spiro atoms. The molecule has 0 aliphatic rings. The molecule has 0 saturated carbocycles. The monoisotopic (exact) mass is 87.1 g/mol. The second-order valence-corrected chi connectivity index (χ2v) is 1.75. The molecule has 0 aromatic heterocycles. The van der Waals surface area contributed by atoms with Gasteiger partial charge in [-0.25, -0.2) is 0 Å². The largest absolute Gasteiger partial charge is 0.330 e. The van der Waals surface area contributed by atoms with Crippen molar-refractivity contribution in [3.8, 4) is 0 Å². The molecule has 0 aromatic carbocycles. The van der Waals surface area contributed by atoms with Crippen LogP contribution < -0.4 is 5.73 Å². The van der Waals surface area contributed by atoms with Crippen molar-refractivity contribution in [3.63, 3.8) is 0 Å². The lowest BCUT2D eigenvalue weighted by Crippen LogP contribution is -2.08. The van der Waals surface area contributed by atoms with Crippen molar-refractivity contribution in [2.75, 3.05) is 6.54 Å². The van der Waals surface area contributed by atoms with E-state index in [0.29, 0.717) is 5.92 Å². The average Bonchev–Trinajstić information content (AvgIpc) is 1.65. The van der Waals surface area contributed by atoms with Crippen LogP contribution in [-0.4, -0.2) is 6.54 Å². The minimum Gasteiger partial charge on any atom is -0.330 e. The highest BCUT2D eigenvalue weighted by Crippen LogP contribution is 1.93. The smallest absolute Gasteiger partial charge is 0.00516 e. The van der Waals surface area contributed by atoms with Crippen molar-refractivity contribution in [3.05, 3.63) is 0 Å². The standard InChI is InChI=1S/C5H13N/c1-3-5(2)4-6/h5H,3-4,6H2,1-2H3/t5-/m1/s1. The van der Waals surface area contributed by atoms with E-state index in [1.54, 1.807) is 0 Å². The van der Waals surface area contributed by atoms with Crippen LogP contribution >= 0.6 is 0 Å². The fraction of sp³-hybridized carbons (Fsp3) is 1.00. The van der Waals surface area contributed by atoms with E-state index in [1.807, 2.05) is 0 Å². The first kappa shape index (κ1) is 5.96. The second-order valence-electron chi connectivity index (χ2n) is 1.75. The first-order valence-electron chi connectivity index (χ1n) is 2.51. The average molecular weight is 87.2 g/mol. The molecule has 0 radical (unpaired) electrons. The lowest BCUT2D eigenvalue weighted by atomic mass is 10.1. The number of rotatable bonds is 2. The van der Waals surface area contributed by atoms with Gasteiger partial charge in [-0.05, 0) is 12.5 Å². The molecule has 6 heavy (non-hydrogen) atoms. The van der Waals surface area contributed by atoms with Crippen LogP contribution in [0.25, 0.3) is 0 Å². The Balaban J connectivity index is 2.75. The van der Waals surface area contributed by atoms with Crippen LogP contribution in [0.4, 0.5) is 0 Å². The van der Waals surface area contributed by atoms with E-state index in [0.717, 1.165) is 6.54 Å². The third-order valence-electron chi connectivity index (χ3n) is 1.10. The van der Waals surface area contributed by atoms with E-state index in [9.17, 15) is 0 Å². The minimum atomic E-state index is 0.713. The molecule has 0 heterocycles. The molecule has 0 fully saturated rings. The maximum atomic E-state index is 5.28. The summed E-state index contributed by atoms with van der Waals surface area (Å²) < 4.78 is 0. The topological polar surface area (TPSA) is 26.0 Å². The Hall–Kier alpha value is -0.0400. The van der Waals surface area contributed by atoms with Gasteiger partial charge < -0.3 is 5.73 Å². The van der Waals surface area contributed by atoms with E-state index in [4.69, 9.17) is 5.73 Å². The third-order valence-corrected chi connectivity index (χ3v) is 1.10. The summed E-state index contributed by atoms with van der Waals surface area (Å²) in [4.78, 5) is 0. The quantitative estimate of drug-likeness (QED) is 0.534. The first-order valence-corrected chi connectivity index (χ1v) is 2.51. The van der Waals surface area contributed by atoms with Crippen LogP contribution in [-0.2, 0) is 0 Å². The Bertz CT molecular complexity index is 23.1. The van der Waals surface area contributed by atoms with E-state index in [1.165, 1.54) is 6.42 Å². The lowest BCUT2D eigenvalue weighted by Gasteiger charge is -1.98. The third kappa shape index (κ3) is 2.21. The lowest BCUT2D eigenvalue weighted by molar-refractivity contribution is 0.576. The molecule has 0 rings (SSSR count). The summed E-state index contributed by atoms with van der Waals surface area (Å²) in [6.45, 7) is 5.13. The van der Waals surface area contributed by atoms with Gasteiger partial charge in [-0.2, -0.15) is 0 Å². The van der Waals surface area contributed by atoms with Crippen LogP contribution in [0.1, 0.15) is 20.3 Å². The van der Waals surface area contributed by atoms with Gasteiger partial charge in [0, 0.05) is 0 Å². The molecule has 0 unspecified atom stereocenters. The Morgan fingerprint density at radius 1 is 1.67 bits per heavy atom. The van der Waals surface area contributed by atoms with Gasteiger partial charge in [0.2, 0.25) is 0 Å². The number of hydrogen-bond donors (Lipinski definition) is 1. The molecule has 1 heteroatoms. The van der Waals surface area contributed by atoms with Crippen molar-refractivity contribution in [1.82, 2.24) is 0 Å². The van der Waals surface area contributed by atoms with Crippen molar-refractivity contribution < 1.29 is 0 Å². The molecule has 0 bridgehead atoms. The summed E-state index contributed by atoms with van der Waals surface area (Å²) in [5.41, 5.74) is 5.28. The molecule has 0 saturated heterocycles. The number of nitrogens with two attached hydrogens (primary N) is 1. The SMILES string of the molecule is CC[C@@H](C)CN. The van der Waals surface area contributed by atoms with Gasteiger partial charge in [-0.15, -0.1) is 0 Å². The minimum absolute atomic E-state index is 0.713. The molecule has 1 atom stereocenters. The van der Waals surface area contributed by atoms with Gasteiger partial charge in [0.25, 0.3) is 0 Å². The van der Waals surface area contributed by atoms with Crippen molar-refractivity contribution in [2.24, 2.45) is 11.7 Å². The zero-order valence-electron chi connectivity index (χ0n) is 4.57. The summed E-state index contributed by atoms with van der Waals surface area (Å²) in [7, 11) is 0. The summed E-state index contributed by atoms with van der Waals surface area (Å²) in [6, 6.07) is 0. The maximum absolute atomic E-state index is 5.28. The molecule has 0 amide bonds. The fourth-order valence-electron chi connectivity index (χ4n) is 0.167. The number of hydrogen-bond acceptors (Lipinski definition) is 1. The predicted octanol–water partition coefficient (Wildman–Crippen LogP) is 0.991. The summed E-state index contributed by atoms with van der Waals surface area (Å²) in [5, 5.41) is 0. The molecule has 0 aliphatic carbocycles. The van der Waals surface area contributed by atoms with Gasteiger partial charge >= 0.3 is 0 Å². The molecule has 38 valence electrons. The Kier molecular flexibility index (Phi) is 3.14. The molecule has 2 N–H and O–H groups in total. The summed E-state index contributed by atoms with van der Waals surface area (Å²) in [5.74, 6) is 0.713. The normalized spacial score (nSPS) is 14.5. The van der Waals surface area contributed by atoms with Gasteiger partial charge in [0.1, 0.15) is 0 Å². The van der Waals surface area contributed by atoms with E-state index >= 15 is 0 Å². The molecular weight excluding hydrogens is 74.1 g/mol. The van der Waals surface area contributed by atoms with E-state index in [-0.39, 0.29) is 0 Å². The van der Waals surface area contributed by atoms with Gasteiger partial charge in [0.05, 0.1) is 0 Å². The molecule has 1 nitrogen and oxygen atoms in total. The van der Waals surface area contributed by atoms with Crippen LogP contribution in [0.5, 0.6) is 0 Å². The molecular formula is C5H13N.